The van der Waals surface area contributed by atoms with Crippen molar-refractivity contribution in [3.63, 3.8) is 0 Å². The molecule has 0 aliphatic heterocycles. The standard InChI is InChI=1S/C11H18N6/c1-4-6-17-10(8-13-15-17)11(12-2)9-5-7-16(3)14-9/h5,7-8,11-12H,4,6H2,1-3H3. The summed E-state index contributed by atoms with van der Waals surface area (Å²) in [5.41, 5.74) is 2.03. The molecule has 0 fully saturated rings. The van der Waals surface area contributed by atoms with Gasteiger partial charge in [0.1, 0.15) is 0 Å². The fourth-order valence-electron chi connectivity index (χ4n) is 1.91. The maximum atomic E-state index is 4.42. The molecule has 1 N–H and O–H groups in total. The maximum Gasteiger partial charge on any atom is 0.0954 e. The van der Waals surface area contributed by atoms with Crippen molar-refractivity contribution >= 4 is 0 Å². The van der Waals surface area contributed by atoms with E-state index in [1.807, 2.05) is 31.0 Å². The summed E-state index contributed by atoms with van der Waals surface area (Å²) in [4.78, 5) is 0. The van der Waals surface area contributed by atoms with Crippen LogP contribution in [0.25, 0.3) is 0 Å². The van der Waals surface area contributed by atoms with Crippen molar-refractivity contribution in [2.75, 3.05) is 7.05 Å². The molecule has 2 aromatic rings. The molecular weight excluding hydrogens is 216 g/mol. The van der Waals surface area contributed by atoms with Gasteiger partial charge in [-0.2, -0.15) is 5.10 Å². The van der Waals surface area contributed by atoms with Crippen molar-refractivity contribution in [1.29, 1.82) is 0 Å². The molecule has 2 aromatic heterocycles. The first-order valence-corrected chi connectivity index (χ1v) is 5.81. The zero-order valence-corrected chi connectivity index (χ0v) is 10.5. The second-order valence-electron chi connectivity index (χ2n) is 4.02. The van der Waals surface area contributed by atoms with Gasteiger partial charge in [-0.05, 0) is 19.5 Å². The van der Waals surface area contributed by atoms with Crippen LogP contribution in [0.4, 0.5) is 0 Å². The molecule has 0 bridgehead atoms. The van der Waals surface area contributed by atoms with E-state index in [-0.39, 0.29) is 6.04 Å². The van der Waals surface area contributed by atoms with Crippen LogP contribution in [0.1, 0.15) is 30.8 Å². The average Bonchev–Trinajstić information content (AvgIpc) is 2.91. The number of nitrogens with one attached hydrogen (secondary N) is 1. The Bertz CT molecular complexity index is 472. The molecule has 1 unspecified atom stereocenters. The molecule has 0 aliphatic carbocycles. The van der Waals surface area contributed by atoms with Gasteiger partial charge in [-0.15, -0.1) is 5.10 Å². The number of hydrogen-bond donors (Lipinski definition) is 1. The molecule has 0 amide bonds. The van der Waals surface area contributed by atoms with Gasteiger partial charge in [-0.3, -0.25) is 4.68 Å². The number of aromatic nitrogens is 5. The highest BCUT2D eigenvalue weighted by Gasteiger charge is 2.19. The topological polar surface area (TPSA) is 60.6 Å². The Morgan fingerprint density at radius 2 is 2.29 bits per heavy atom. The van der Waals surface area contributed by atoms with E-state index in [1.165, 1.54) is 0 Å². The molecule has 0 radical (unpaired) electrons. The zero-order valence-electron chi connectivity index (χ0n) is 10.5. The quantitative estimate of drug-likeness (QED) is 0.828. The van der Waals surface area contributed by atoms with Gasteiger partial charge in [-0.1, -0.05) is 12.1 Å². The Hall–Kier alpha value is -1.69. The minimum absolute atomic E-state index is 0.0396. The van der Waals surface area contributed by atoms with E-state index < -0.39 is 0 Å². The molecule has 0 saturated carbocycles. The lowest BCUT2D eigenvalue weighted by molar-refractivity contribution is 0.516. The van der Waals surface area contributed by atoms with Crippen LogP contribution >= 0.6 is 0 Å². The SMILES string of the molecule is CCCn1nncc1C(NC)c1ccn(C)n1. The van der Waals surface area contributed by atoms with Gasteiger partial charge in [-0.25, -0.2) is 4.68 Å². The van der Waals surface area contributed by atoms with Crippen LogP contribution in [-0.2, 0) is 13.6 Å². The van der Waals surface area contributed by atoms with Crippen LogP contribution in [0.3, 0.4) is 0 Å². The van der Waals surface area contributed by atoms with Crippen LogP contribution < -0.4 is 5.32 Å². The second kappa shape index (κ2) is 5.09. The van der Waals surface area contributed by atoms with Crippen molar-refractivity contribution in [3.8, 4) is 0 Å². The van der Waals surface area contributed by atoms with E-state index in [0.29, 0.717) is 0 Å². The average molecular weight is 234 g/mol. The van der Waals surface area contributed by atoms with Gasteiger partial charge >= 0.3 is 0 Å². The number of nitrogens with zero attached hydrogens (tertiary/aromatic N) is 5. The van der Waals surface area contributed by atoms with Gasteiger partial charge in [0, 0.05) is 19.8 Å². The predicted octanol–water partition coefficient (Wildman–Crippen LogP) is 0.730. The smallest absolute Gasteiger partial charge is 0.0954 e. The van der Waals surface area contributed by atoms with Crippen molar-refractivity contribution < 1.29 is 0 Å². The van der Waals surface area contributed by atoms with Gasteiger partial charge < -0.3 is 5.32 Å². The second-order valence-corrected chi connectivity index (χ2v) is 4.02. The molecule has 2 heterocycles. The largest absolute Gasteiger partial charge is 0.307 e. The van der Waals surface area contributed by atoms with E-state index in [9.17, 15) is 0 Å². The first kappa shape index (κ1) is 11.8. The Morgan fingerprint density at radius 1 is 1.47 bits per heavy atom. The molecule has 17 heavy (non-hydrogen) atoms. The maximum absolute atomic E-state index is 4.42. The molecule has 92 valence electrons. The molecule has 0 aliphatic rings. The highest BCUT2D eigenvalue weighted by Crippen LogP contribution is 2.18. The predicted molar refractivity (Wildman–Crippen MR) is 64.4 cm³/mol. The third kappa shape index (κ3) is 2.36. The fraction of sp³-hybridized carbons (Fsp3) is 0.545. The zero-order chi connectivity index (χ0) is 12.3. The lowest BCUT2D eigenvalue weighted by atomic mass is 10.1. The summed E-state index contributed by atoms with van der Waals surface area (Å²) in [5.74, 6) is 0. The molecular formula is C11H18N6. The van der Waals surface area contributed by atoms with Crippen molar-refractivity contribution in [1.82, 2.24) is 30.1 Å². The lowest BCUT2D eigenvalue weighted by Gasteiger charge is -2.14. The van der Waals surface area contributed by atoms with Gasteiger partial charge in [0.2, 0.25) is 0 Å². The number of rotatable bonds is 5. The first-order valence-electron chi connectivity index (χ1n) is 5.81. The Balaban J connectivity index is 2.31. The summed E-state index contributed by atoms with van der Waals surface area (Å²) in [5, 5.41) is 15.8. The molecule has 2 rings (SSSR count). The molecule has 6 nitrogen and oxygen atoms in total. The van der Waals surface area contributed by atoms with E-state index >= 15 is 0 Å². The molecule has 0 aromatic carbocycles. The van der Waals surface area contributed by atoms with Crippen LogP contribution in [-0.4, -0.2) is 31.8 Å². The molecule has 6 heteroatoms. The van der Waals surface area contributed by atoms with Crippen molar-refractivity contribution in [2.24, 2.45) is 7.05 Å². The summed E-state index contributed by atoms with van der Waals surface area (Å²) in [6, 6.07) is 2.04. The fourth-order valence-corrected chi connectivity index (χ4v) is 1.91. The molecule has 0 spiro atoms. The van der Waals surface area contributed by atoms with E-state index in [1.54, 1.807) is 10.9 Å². The first-order chi connectivity index (χ1) is 8.26. The van der Waals surface area contributed by atoms with Crippen LogP contribution in [0, 0.1) is 0 Å². The molecule has 0 saturated heterocycles. The van der Waals surface area contributed by atoms with Gasteiger partial charge in [0.15, 0.2) is 0 Å². The normalized spacial score (nSPS) is 12.9. The Morgan fingerprint density at radius 3 is 2.88 bits per heavy atom. The molecule has 1 atom stereocenters. The summed E-state index contributed by atoms with van der Waals surface area (Å²) in [6.45, 7) is 3.00. The van der Waals surface area contributed by atoms with Crippen molar-refractivity contribution in [2.45, 2.75) is 25.9 Å². The van der Waals surface area contributed by atoms with Crippen LogP contribution in [0.15, 0.2) is 18.5 Å². The highest BCUT2D eigenvalue weighted by atomic mass is 15.4. The minimum Gasteiger partial charge on any atom is -0.307 e. The summed E-state index contributed by atoms with van der Waals surface area (Å²) < 4.78 is 3.73. The van der Waals surface area contributed by atoms with E-state index in [4.69, 9.17) is 0 Å². The summed E-state index contributed by atoms with van der Waals surface area (Å²) >= 11 is 0. The lowest BCUT2D eigenvalue weighted by Crippen LogP contribution is -2.22. The van der Waals surface area contributed by atoms with Gasteiger partial charge in [0.05, 0.1) is 23.6 Å². The third-order valence-corrected chi connectivity index (χ3v) is 2.70. The monoisotopic (exact) mass is 234 g/mol. The highest BCUT2D eigenvalue weighted by molar-refractivity contribution is 5.18. The summed E-state index contributed by atoms with van der Waals surface area (Å²) in [6.07, 6.45) is 4.77. The minimum atomic E-state index is 0.0396. The number of aryl methyl sites for hydroxylation is 2. The van der Waals surface area contributed by atoms with Crippen molar-refractivity contribution in [3.05, 3.63) is 29.8 Å². The van der Waals surface area contributed by atoms with Gasteiger partial charge in [0.25, 0.3) is 0 Å². The Labute approximate surface area is 101 Å². The van der Waals surface area contributed by atoms with E-state index in [0.717, 1.165) is 24.4 Å². The summed E-state index contributed by atoms with van der Waals surface area (Å²) in [7, 11) is 3.83. The Kier molecular flexibility index (Phi) is 3.53. The van der Waals surface area contributed by atoms with Crippen LogP contribution in [0.5, 0.6) is 0 Å². The van der Waals surface area contributed by atoms with E-state index in [2.05, 4.69) is 27.7 Å². The third-order valence-electron chi connectivity index (χ3n) is 2.70. The number of hydrogen-bond acceptors (Lipinski definition) is 4. The van der Waals surface area contributed by atoms with Crippen LogP contribution in [0.2, 0.25) is 0 Å².